The SMILES string of the molecule is O=C(NCCC1CCCC1)c1cc(Br)cc(Br)c1. The minimum atomic E-state index is 0.00926. The maximum absolute atomic E-state index is 12.0. The molecular weight excluding hydrogens is 358 g/mol. The zero-order chi connectivity index (χ0) is 13.0. The van der Waals surface area contributed by atoms with Crippen LogP contribution >= 0.6 is 31.9 Å². The Bertz CT molecular complexity index is 408. The van der Waals surface area contributed by atoms with Crippen LogP contribution in [0.1, 0.15) is 42.5 Å². The van der Waals surface area contributed by atoms with Crippen molar-refractivity contribution in [2.75, 3.05) is 6.54 Å². The molecule has 1 saturated carbocycles. The number of halogens is 2. The highest BCUT2D eigenvalue weighted by Crippen LogP contribution is 2.27. The van der Waals surface area contributed by atoms with Crippen molar-refractivity contribution in [3.05, 3.63) is 32.7 Å². The number of carbonyl (C=O) groups is 1. The van der Waals surface area contributed by atoms with E-state index in [9.17, 15) is 4.79 Å². The molecule has 0 spiro atoms. The van der Waals surface area contributed by atoms with Crippen LogP contribution in [0.3, 0.4) is 0 Å². The van der Waals surface area contributed by atoms with Gasteiger partial charge in [0, 0.05) is 21.1 Å². The fourth-order valence-electron chi connectivity index (χ4n) is 2.48. The van der Waals surface area contributed by atoms with Gasteiger partial charge in [0.15, 0.2) is 0 Å². The molecule has 0 aliphatic heterocycles. The molecule has 1 aliphatic carbocycles. The van der Waals surface area contributed by atoms with Gasteiger partial charge in [-0.05, 0) is 30.5 Å². The average Bonchev–Trinajstić information content (AvgIpc) is 2.80. The Morgan fingerprint density at radius 2 is 1.78 bits per heavy atom. The van der Waals surface area contributed by atoms with Gasteiger partial charge in [-0.15, -0.1) is 0 Å². The molecule has 1 amide bonds. The van der Waals surface area contributed by atoms with Crippen LogP contribution in [-0.4, -0.2) is 12.5 Å². The van der Waals surface area contributed by atoms with Gasteiger partial charge in [-0.3, -0.25) is 4.79 Å². The minimum Gasteiger partial charge on any atom is -0.352 e. The molecule has 1 N–H and O–H groups in total. The molecule has 1 aromatic carbocycles. The summed E-state index contributed by atoms with van der Waals surface area (Å²) in [6.07, 6.45) is 6.49. The van der Waals surface area contributed by atoms with Crippen molar-refractivity contribution in [2.24, 2.45) is 5.92 Å². The van der Waals surface area contributed by atoms with Crippen molar-refractivity contribution in [1.29, 1.82) is 0 Å². The second-order valence-corrected chi connectivity index (χ2v) is 6.68. The Kier molecular flexibility index (Phi) is 5.25. The van der Waals surface area contributed by atoms with Gasteiger partial charge in [-0.2, -0.15) is 0 Å². The molecule has 0 heterocycles. The third kappa shape index (κ3) is 4.09. The van der Waals surface area contributed by atoms with Crippen LogP contribution < -0.4 is 5.32 Å². The predicted molar refractivity (Wildman–Crippen MR) is 80.8 cm³/mol. The van der Waals surface area contributed by atoms with E-state index in [1.54, 1.807) is 0 Å². The molecule has 18 heavy (non-hydrogen) atoms. The minimum absolute atomic E-state index is 0.00926. The van der Waals surface area contributed by atoms with Crippen LogP contribution in [0.25, 0.3) is 0 Å². The second kappa shape index (κ2) is 6.71. The van der Waals surface area contributed by atoms with Crippen LogP contribution in [0.5, 0.6) is 0 Å². The van der Waals surface area contributed by atoms with E-state index >= 15 is 0 Å². The van der Waals surface area contributed by atoms with E-state index in [0.29, 0.717) is 5.56 Å². The van der Waals surface area contributed by atoms with E-state index in [1.165, 1.54) is 25.7 Å². The summed E-state index contributed by atoms with van der Waals surface area (Å²) in [5.74, 6) is 0.828. The first-order valence-corrected chi connectivity index (χ1v) is 7.98. The van der Waals surface area contributed by atoms with Crippen molar-refractivity contribution in [3.63, 3.8) is 0 Å². The molecule has 0 bridgehead atoms. The third-order valence-electron chi connectivity index (χ3n) is 3.44. The molecule has 98 valence electrons. The zero-order valence-corrected chi connectivity index (χ0v) is 13.4. The van der Waals surface area contributed by atoms with E-state index < -0.39 is 0 Å². The second-order valence-electron chi connectivity index (χ2n) is 4.85. The number of rotatable bonds is 4. The summed E-state index contributed by atoms with van der Waals surface area (Å²) in [7, 11) is 0. The lowest BCUT2D eigenvalue weighted by Gasteiger charge is -2.10. The standard InChI is InChI=1S/C14H17Br2NO/c15-12-7-11(8-13(16)9-12)14(18)17-6-5-10-3-1-2-4-10/h7-10H,1-6H2,(H,17,18). The predicted octanol–water partition coefficient (Wildman–Crippen LogP) is 4.52. The van der Waals surface area contributed by atoms with E-state index in [0.717, 1.165) is 27.8 Å². The maximum atomic E-state index is 12.0. The molecule has 0 unspecified atom stereocenters. The largest absolute Gasteiger partial charge is 0.352 e. The van der Waals surface area contributed by atoms with Crippen molar-refractivity contribution in [3.8, 4) is 0 Å². The lowest BCUT2D eigenvalue weighted by atomic mass is 10.0. The van der Waals surface area contributed by atoms with E-state index in [1.807, 2.05) is 18.2 Å². The number of hydrogen-bond acceptors (Lipinski definition) is 1. The van der Waals surface area contributed by atoms with Gasteiger partial charge in [-0.25, -0.2) is 0 Å². The highest BCUT2D eigenvalue weighted by Gasteiger charge is 2.15. The summed E-state index contributed by atoms with van der Waals surface area (Å²) in [4.78, 5) is 12.0. The highest BCUT2D eigenvalue weighted by molar-refractivity contribution is 9.11. The van der Waals surface area contributed by atoms with Crippen LogP contribution in [0, 0.1) is 5.92 Å². The van der Waals surface area contributed by atoms with Crippen LogP contribution in [0.15, 0.2) is 27.1 Å². The monoisotopic (exact) mass is 373 g/mol. The summed E-state index contributed by atoms with van der Waals surface area (Å²) in [6.45, 7) is 0.785. The maximum Gasteiger partial charge on any atom is 0.251 e. The Balaban J connectivity index is 1.83. The molecular formula is C14H17Br2NO. The van der Waals surface area contributed by atoms with Crippen molar-refractivity contribution in [2.45, 2.75) is 32.1 Å². The molecule has 1 aromatic rings. The number of amides is 1. The first-order valence-electron chi connectivity index (χ1n) is 6.39. The van der Waals surface area contributed by atoms with Gasteiger partial charge >= 0.3 is 0 Å². The molecule has 4 heteroatoms. The van der Waals surface area contributed by atoms with Crippen LogP contribution in [0.2, 0.25) is 0 Å². The molecule has 0 atom stereocenters. The van der Waals surface area contributed by atoms with Crippen molar-refractivity contribution >= 4 is 37.8 Å². The van der Waals surface area contributed by atoms with Gasteiger partial charge in [0.2, 0.25) is 0 Å². The topological polar surface area (TPSA) is 29.1 Å². The highest BCUT2D eigenvalue weighted by atomic mass is 79.9. The first kappa shape index (κ1) is 14.1. The number of benzene rings is 1. The fourth-order valence-corrected chi connectivity index (χ4v) is 3.77. The molecule has 2 rings (SSSR count). The Labute approximate surface area is 125 Å². The molecule has 1 fully saturated rings. The molecule has 1 aliphatic rings. The molecule has 2 nitrogen and oxygen atoms in total. The van der Waals surface area contributed by atoms with E-state index in [-0.39, 0.29) is 5.91 Å². The lowest BCUT2D eigenvalue weighted by molar-refractivity contribution is 0.0951. The van der Waals surface area contributed by atoms with Crippen LogP contribution in [-0.2, 0) is 0 Å². The third-order valence-corrected chi connectivity index (χ3v) is 4.35. The Morgan fingerprint density at radius 1 is 1.17 bits per heavy atom. The number of carbonyl (C=O) groups excluding carboxylic acids is 1. The fraction of sp³-hybridized carbons (Fsp3) is 0.500. The molecule has 0 saturated heterocycles. The van der Waals surface area contributed by atoms with Gasteiger partial charge in [0.05, 0.1) is 0 Å². The van der Waals surface area contributed by atoms with Crippen LogP contribution in [0.4, 0.5) is 0 Å². The van der Waals surface area contributed by atoms with E-state index in [2.05, 4.69) is 37.2 Å². The quantitative estimate of drug-likeness (QED) is 0.824. The average molecular weight is 375 g/mol. The summed E-state index contributed by atoms with van der Waals surface area (Å²) < 4.78 is 1.83. The summed E-state index contributed by atoms with van der Waals surface area (Å²) in [6, 6.07) is 5.61. The van der Waals surface area contributed by atoms with Gasteiger partial charge in [0.1, 0.15) is 0 Å². The smallest absolute Gasteiger partial charge is 0.251 e. The summed E-state index contributed by atoms with van der Waals surface area (Å²) in [5.41, 5.74) is 0.697. The summed E-state index contributed by atoms with van der Waals surface area (Å²) >= 11 is 6.79. The normalized spacial score (nSPS) is 15.9. The van der Waals surface area contributed by atoms with E-state index in [4.69, 9.17) is 0 Å². The number of nitrogens with one attached hydrogen (secondary N) is 1. The van der Waals surface area contributed by atoms with Gasteiger partial charge in [0.25, 0.3) is 5.91 Å². The lowest BCUT2D eigenvalue weighted by Crippen LogP contribution is -2.25. The van der Waals surface area contributed by atoms with Crippen molar-refractivity contribution in [1.82, 2.24) is 5.32 Å². The molecule has 0 radical (unpaired) electrons. The van der Waals surface area contributed by atoms with Gasteiger partial charge in [-0.1, -0.05) is 57.5 Å². The Hall–Kier alpha value is -0.350. The van der Waals surface area contributed by atoms with Crippen molar-refractivity contribution < 1.29 is 4.79 Å². The zero-order valence-electron chi connectivity index (χ0n) is 10.2. The molecule has 0 aromatic heterocycles. The summed E-state index contributed by atoms with van der Waals surface area (Å²) in [5, 5.41) is 3.00. The number of hydrogen-bond donors (Lipinski definition) is 1. The Morgan fingerprint density at radius 3 is 2.39 bits per heavy atom. The first-order chi connectivity index (χ1) is 8.65. The van der Waals surface area contributed by atoms with Gasteiger partial charge < -0.3 is 5.32 Å².